The van der Waals surface area contributed by atoms with Gasteiger partial charge in [-0.3, -0.25) is 4.79 Å². The average molecular weight is 294 g/mol. The molecule has 2 fully saturated rings. The van der Waals surface area contributed by atoms with Gasteiger partial charge in [0, 0.05) is 19.1 Å². The van der Waals surface area contributed by atoms with Gasteiger partial charge in [-0.2, -0.15) is 0 Å². The van der Waals surface area contributed by atoms with Crippen molar-refractivity contribution in [3.8, 4) is 0 Å². The van der Waals surface area contributed by atoms with Crippen molar-refractivity contribution in [3.63, 3.8) is 0 Å². The van der Waals surface area contributed by atoms with Gasteiger partial charge in [0.15, 0.2) is 5.96 Å². The van der Waals surface area contributed by atoms with E-state index in [2.05, 4.69) is 27.9 Å². The third-order valence-corrected chi connectivity index (χ3v) is 4.71. The van der Waals surface area contributed by atoms with Crippen LogP contribution in [0.4, 0.5) is 0 Å². The van der Waals surface area contributed by atoms with Gasteiger partial charge in [-0.1, -0.05) is 19.8 Å². The van der Waals surface area contributed by atoms with E-state index in [1.807, 2.05) is 6.92 Å². The van der Waals surface area contributed by atoms with Gasteiger partial charge >= 0.3 is 0 Å². The number of rotatable bonds is 7. The second-order valence-corrected chi connectivity index (χ2v) is 6.45. The van der Waals surface area contributed by atoms with Gasteiger partial charge in [0.05, 0.1) is 0 Å². The lowest BCUT2D eigenvalue weighted by molar-refractivity contribution is -0.119. The van der Waals surface area contributed by atoms with E-state index in [-0.39, 0.29) is 12.5 Å². The molecule has 0 radical (unpaired) electrons. The molecule has 0 spiro atoms. The van der Waals surface area contributed by atoms with Crippen LogP contribution in [0.3, 0.4) is 0 Å². The summed E-state index contributed by atoms with van der Waals surface area (Å²) in [4.78, 5) is 16.1. The molecule has 5 heteroatoms. The third-order valence-electron chi connectivity index (χ3n) is 4.71. The first kappa shape index (κ1) is 16.1. The number of carbonyl (C=O) groups excluding carboxylic acids is 1. The molecule has 0 aliphatic heterocycles. The second kappa shape index (κ2) is 7.66. The van der Waals surface area contributed by atoms with Crippen molar-refractivity contribution in [1.82, 2.24) is 16.0 Å². The van der Waals surface area contributed by atoms with Crippen LogP contribution in [0.1, 0.15) is 58.8 Å². The predicted octanol–water partition coefficient (Wildman–Crippen LogP) is 1.79. The summed E-state index contributed by atoms with van der Waals surface area (Å²) in [5.74, 6) is 0.795. The minimum atomic E-state index is 0.0285. The van der Waals surface area contributed by atoms with Crippen LogP contribution in [0.15, 0.2) is 4.99 Å². The average Bonchev–Trinajstić information content (AvgIpc) is 3.17. The van der Waals surface area contributed by atoms with Crippen LogP contribution >= 0.6 is 0 Å². The molecule has 3 N–H and O–H groups in total. The topological polar surface area (TPSA) is 65.5 Å². The first-order chi connectivity index (χ1) is 10.2. The van der Waals surface area contributed by atoms with Crippen molar-refractivity contribution in [3.05, 3.63) is 0 Å². The van der Waals surface area contributed by atoms with Gasteiger partial charge in [0.25, 0.3) is 0 Å². The Morgan fingerprint density at radius 2 is 1.90 bits per heavy atom. The number of nitrogens with zero attached hydrogens (tertiary/aromatic N) is 1. The molecular weight excluding hydrogens is 264 g/mol. The maximum Gasteiger partial charge on any atom is 0.242 e. The van der Waals surface area contributed by atoms with Gasteiger partial charge in [-0.15, -0.1) is 0 Å². The fraction of sp³-hybridized carbons (Fsp3) is 0.875. The second-order valence-electron chi connectivity index (χ2n) is 6.45. The lowest BCUT2D eigenvalue weighted by atomic mass is 9.83. The first-order valence-corrected chi connectivity index (χ1v) is 8.49. The Balaban J connectivity index is 1.80. The molecule has 0 aromatic carbocycles. The summed E-state index contributed by atoms with van der Waals surface area (Å²) in [6.45, 7) is 6.31. The Labute approximate surface area is 128 Å². The number of carbonyl (C=O) groups is 1. The summed E-state index contributed by atoms with van der Waals surface area (Å²) in [7, 11) is 0. The van der Waals surface area contributed by atoms with Crippen LogP contribution in [0.25, 0.3) is 0 Å². The standard InChI is InChI=1S/C16H30N4O/c1-3-16(9-5-6-10-16)12-19-15(17-4-2)18-11-14(21)20-13-7-8-13/h13H,3-12H2,1-2H3,(H,20,21)(H2,17,18,19). The normalized spacial score (nSPS) is 21.1. The van der Waals surface area contributed by atoms with Gasteiger partial charge in [0.1, 0.15) is 6.54 Å². The van der Waals surface area contributed by atoms with E-state index in [4.69, 9.17) is 0 Å². The number of hydrogen-bond acceptors (Lipinski definition) is 2. The molecule has 120 valence electrons. The van der Waals surface area contributed by atoms with Crippen molar-refractivity contribution < 1.29 is 4.79 Å². The molecule has 2 rings (SSSR count). The molecule has 0 bridgehead atoms. The van der Waals surface area contributed by atoms with E-state index < -0.39 is 0 Å². The van der Waals surface area contributed by atoms with E-state index >= 15 is 0 Å². The van der Waals surface area contributed by atoms with Crippen LogP contribution in [0.5, 0.6) is 0 Å². The zero-order valence-electron chi connectivity index (χ0n) is 13.5. The lowest BCUT2D eigenvalue weighted by Gasteiger charge is -2.28. The molecular formula is C16H30N4O. The summed E-state index contributed by atoms with van der Waals surface area (Å²) < 4.78 is 0. The van der Waals surface area contributed by atoms with E-state index in [1.54, 1.807) is 0 Å². The molecule has 2 aliphatic rings. The molecule has 0 atom stereocenters. The van der Waals surface area contributed by atoms with Crippen molar-refractivity contribution in [2.24, 2.45) is 10.4 Å². The van der Waals surface area contributed by atoms with Crippen molar-refractivity contribution in [1.29, 1.82) is 0 Å². The molecule has 5 nitrogen and oxygen atoms in total. The molecule has 21 heavy (non-hydrogen) atoms. The SMILES string of the molecule is CCNC(=NCC(=O)NC1CC1)NCC1(CC)CCCC1. The van der Waals surface area contributed by atoms with Gasteiger partial charge in [-0.05, 0) is 44.4 Å². The third kappa shape index (κ3) is 5.21. The molecule has 0 aromatic rings. The predicted molar refractivity (Wildman–Crippen MR) is 86.3 cm³/mol. The fourth-order valence-electron chi connectivity index (χ4n) is 3.05. The molecule has 0 aromatic heterocycles. The zero-order valence-corrected chi connectivity index (χ0v) is 13.5. The Morgan fingerprint density at radius 1 is 1.19 bits per heavy atom. The van der Waals surface area contributed by atoms with Crippen LogP contribution in [0, 0.1) is 5.41 Å². The summed E-state index contributed by atoms with van der Waals surface area (Å²) in [5.41, 5.74) is 0.423. The van der Waals surface area contributed by atoms with Crippen LogP contribution in [-0.4, -0.2) is 37.5 Å². The number of hydrogen-bond donors (Lipinski definition) is 3. The molecule has 2 aliphatic carbocycles. The quantitative estimate of drug-likeness (QED) is 0.495. The number of amides is 1. The van der Waals surface area contributed by atoms with Crippen molar-refractivity contribution >= 4 is 11.9 Å². The molecule has 0 saturated heterocycles. The molecule has 0 unspecified atom stereocenters. The summed E-state index contributed by atoms with van der Waals surface area (Å²) in [6.07, 6.45) is 8.73. The minimum Gasteiger partial charge on any atom is -0.357 e. The Morgan fingerprint density at radius 3 is 2.48 bits per heavy atom. The fourth-order valence-corrected chi connectivity index (χ4v) is 3.05. The summed E-state index contributed by atoms with van der Waals surface area (Å²) in [6, 6.07) is 0.407. The maximum absolute atomic E-state index is 11.7. The number of nitrogens with one attached hydrogen (secondary N) is 3. The highest BCUT2D eigenvalue weighted by atomic mass is 16.2. The maximum atomic E-state index is 11.7. The van der Waals surface area contributed by atoms with E-state index in [1.165, 1.54) is 32.1 Å². The van der Waals surface area contributed by atoms with Crippen molar-refractivity contribution in [2.45, 2.75) is 64.8 Å². The highest BCUT2D eigenvalue weighted by Crippen LogP contribution is 2.40. The van der Waals surface area contributed by atoms with Gasteiger partial charge in [-0.25, -0.2) is 4.99 Å². The van der Waals surface area contributed by atoms with E-state index in [0.717, 1.165) is 31.9 Å². The highest BCUT2D eigenvalue weighted by Gasteiger charge is 2.31. The summed E-state index contributed by atoms with van der Waals surface area (Å²) >= 11 is 0. The zero-order chi connectivity index (χ0) is 15.1. The molecule has 0 heterocycles. The molecule has 1 amide bonds. The first-order valence-electron chi connectivity index (χ1n) is 8.49. The van der Waals surface area contributed by atoms with Gasteiger partial charge < -0.3 is 16.0 Å². The number of guanidine groups is 1. The Kier molecular flexibility index (Phi) is 5.88. The minimum absolute atomic E-state index is 0.0285. The Hall–Kier alpha value is -1.26. The van der Waals surface area contributed by atoms with Crippen LogP contribution < -0.4 is 16.0 Å². The van der Waals surface area contributed by atoms with Crippen LogP contribution in [0.2, 0.25) is 0 Å². The van der Waals surface area contributed by atoms with Gasteiger partial charge in [0.2, 0.25) is 5.91 Å². The van der Waals surface area contributed by atoms with E-state index in [0.29, 0.717) is 11.5 Å². The largest absolute Gasteiger partial charge is 0.357 e. The molecule has 2 saturated carbocycles. The smallest absolute Gasteiger partial charge is 0.242 e. The highest BCUT2D eigenvalue weighted by molar-refractivity contribution is 5.85. The number of aliphatic imine (C=N–C) groups is 1. The van der Waals surface area contributed by atoms with Crippen LogP contribution in [-0.2, 0) is 4.79 Å². The lowest BCUT2D eigenvalue weighted by Crippen LogP contribution is -2.43. The van der Waals surface area contributed by atoms with Crippen molar-refractivity contribution in [2.75, 3.05) is 19.6 Å². The monoisotopic (exact) mass is 294 g/mol. The van der Waals surface area contributed by atoms with E-state index in [9.17, 15) is 4.79 Å². The summed E-state index contributed by atoms with van der Waals surface area (Å²) in [5, 5.41) is 9.63. The Bertz CT molecular complexity index is 370.